The van der Waals surface area contributed by atoms with E-state index < -0.39 is 5.82 Å². The quantitative estimate of drug-likeness (QED) is 0.379. The summed E-state index contributed by atoms with van der Waals surface area (Å²) in [6, 6.07) is 7.35. The van der Waals surface area contributed by atoms with Gasteiger partial charge in [-0.2, -0.15) is 9.61 Å². The summed E-state index contributed by atoms with van der Waals surface area (Å²) in [6.07, 6.45) is 10.5. The van der Waals surface area contributed by atoms with Crippen molar-refractivity contribution in [1.82, 2.24) is 19.9 Å². The highest BCUT2D eigenvalue weighted by Gasteiger charge is 2.25. The molecule has 8 nitrogen and oxygen atoms in total. The molecule has 0 spiro atoms. The van der Waals surface area contributed by atoms with Crippen LogP contribution in [-0.2, 0) is 4.74 Å². The Balaban J connectivity index is 0.00000280. The Bertz CT molecular complexity index is 1250. The molecule has 3 aliphatic rings. The number of hydrogen-bond acceptors (Lipinski definition) is 6. The van der Waals surface area contributed by atoms with Crippen LogP contribution in [0.25, 0.3) is 16.8 Å². The molecule has 6 rings (SSSR count). The van der Waals surface area contributed by atoms with Crippen molar-refractivity contribution in [3.8, 4) is 11.1 Å². The van der Waals surface area contributed by atoms with Crippen molar-refractivity contribution in [2.24, 2.45) is 5.92 Å². The molecule has 2 aromatic heterocycles. The number of fused-ring (bicyclic) bond motifs is 1. The fourth-order valence-corrected chi connectivity index (χ4v) is 5.20. The van der Waals surface area contributed by atoms with E-state index in [1.807, 2.05) is 6.07 Å². The highest BCUT2D eigenvalue weighted by Crippen LogP contribution is 2.30. The third-order valence-electron chi connectivity index (χ3n) is 7.53. The minimum absolute atomic E-state index is 0. The van der Waals surface area contributed by atoms with Gasteiger partial charge < -0.3 is 20.7 Å². The van der Waals surface area contributed by atoms with E-state index in [9.17, 15) is 9.18 Å². The fraction of sp³-hybridized carbons (Fsp3) is 0.519. The Kier molecular flexibility index (Phi) is 7.81. The summed E-state index contributed by atoms with van der Waals surface area (Å²) >= 11 is 0. The Morgan fingerprint density at radius 1 is 1.05 bits per heavy atom. The first-order valence-corrected chi connectivity index (χ1v) is 13.2. The number of rotatable bonds is 8. The Hall–Kier alpha value is -2.91. The molecule has 1 aromatic carbocycles. The fourth-order valence-electron chi connectivity index (χ4n) is 5.20. The molecule has 2 aliphatic carbocycles. The summed E-state index contributed by atoms with van der Waals surface area (Å²) < 4.78 is 22.3. The van der Waals surface area contributed by atoms with Crippen molar-refractivity contribution in [3.05, 3.63) is 41.8 Å². The van der Waals surface area contributed by atoms with Crippen LogP contribution in [0.3, 0.4) is 0 Å². The first kappa shape index (κ1) is 25.7. The van der Waals surface area contributed by atoms with Gasteiger partial charge in [0.1, 0.15) is 17.5 Å². The van der Waals surface area contributed by atoms with E-state index in [2.05, 4.69) is 21.0 Å². The number of halogens is 2. The molecule has 37 heavy (non-hydrogen) atoms. The van der Waals surface area contributed by atoms with Gasteiger partial charge in [0.15, 0.2) is 5.65 Å². The van der Waals surface area contributed by atoms with Gasteiger partial charge >= 0.3 is 0 Å². The summed E-state index contributed by atoms with van der Waals surface area (Å²) in [5.41, 5.74) is 2.10. The zero-order chi connectivity index (χ0) is 24.5. The molecule has 1 aliphatic heterocycles. The Morgan fingerprint density at radius 2 is 1.84 bits per heavy atom. The molecule has 3 aromatic rings. The van der Waals surface area contributed by atoms with Crippen molar-refractivity contribution in [2.75, 3.05) is 30.4 Å². The first-order valence-electron chi connectivity index (χ1n) is 13.2. The van der Waals surface area contributed by atoms with Gasteiger partial charge in [-0.25, -0.2) is 9.37 Å². The largest absolute Gasteiger partial charge is 0.381 e. The van der Waals surface area contributed by atoms with E-state index in [0.29, 0.717) is 23.2 Å². The standard InChI is InChI=1S/C27H33FN6O2.ClH/c28-23-13-18(5-8-21(23)27(35)32-20-6-7-20)22-16-30-34-25(29-15-17-9-11-36-12-10-17)14-24(33-26(22)34)31-19-3-1-2-4-19;/h5,8,13-14,16-17,19-20,29H,1-4,6-7,9-12,15H2,(H,31,33)(H,32,35);1H. The average molecular weight is 529 g/mol. The second-order valence-corrected chi connectivity index (χ2v) is 10.3. The number of amides is 1. The summed E-state index contributed by atoms with van der Waals surface area (Å²) in [7, 11) is 0. The van der Waals surface area contributed by atoms with Gasteiger partial charge in [0.05, 0.1) is 11.8 Å². The molecule has 10 heteroatoms. The van der Waals surface area contributed by atoms with Gasteiger partial charge in [-0.1, -0.05) is 18.9 Å². The van der Waals surface area contributed by atoms with E-state index in [1.165, 1.54) is 18.9 Å². The predicted molar refractivity (Wildman–Crippen MR) is 144 cm³/mol. The molecule has 3 fully saturated rings. The van der Waals surface area contributed by atoms with E-state index in [1.54, 1.807) is 22.8 Å². The maximum absolute atomic E-state index is 15.0. The molecular formula is C27H34ClFN6O2. The summed E-state index contributed by atoms with van der Waals surface area (Å²) in [5.74, 6) is 1.31. The van der Waals surface area contributed by atoms with Crippen LogP contribution in [0.4, 0.5) is 16.0 Å². The molecule has 0 atom stereocenters. The SMILES string of the molecule is Cl.O=C(NC1CC1)c1ccc(-c2cnn3c(NCC4CCOCC4)cc(NC4CCCC4)nc23)cc1F. The smallest absolute Gasteiger partial charge is 0.254 e. The summed E-state index contributed by atoms with van der Waals surface area (Å²) in [4.78, 5) is 17.3. The maximum Gasteiger partial charge on any atom is 0.254 e. The highest BCUT2D eigenvalue weighted by molar-refractivity contribution is 5.95. The highest BCUT2D eigenvalue weighted by atomic mass is 35.5. The Morgan fingerprint density at radius 3 is 2.57 bits per heavy atom. The van der Waals surface area contributed by atoms with Gasteiger partial charge in [-0.15, -0.1) is 12.4 Å². The van der Waals surface area contributed by atoms with Crippen LogP contribution in [0, 0.1) is 11.7 Å². The Labute approximate surface area is 222 Å². The van der Waals surface area contributed by atoms with E-state index in [0.717, 1.165) is 75.5 Å². The van der Waals surface area contributed by atoms with Crippen molar-refractivity contribution < 1.29 is 13.9 Å². The van der Waals surface area contributed by atoms with E-state index >= 15 is 0 Å². The number of ether oxygens (including phenoxy) is 1. The van der Waals surface area contributed by atoms with Crippen molar-refractivity contribution >= 4 is 35.6 Å². The van der Waals surface area contributed by atoms with Crippen LogP contribution >= 0.6 is 12.4 Å². The lowest BCUT2D eigenvalue weighted by molar-refractivity contribution is 0.0699. The third kappa shape index (κ3) is 5.83. The zero-order valence-electron chi connectivity index (χ0n) is 20.8. The molecule has 0 bridgehead atoms. The molecule has 0 unspecified atom stereocenters. The lowest BCUT2D eigenvalue weighted by Gasteiger charge is -2.23. The number of hydrogen-bond donors (Lipinski definition) is 3. The molecule has 1 saturated heterocycles. The number of anilines is 2. The lowest BCUT2D eigenvalue weighted by Crippen LogP contribution is -2.26. The van der Waals surface area contributed by atoms with Gasteiger partial charge in [0.25, 0.3) is 5.91 Å². The maximum atomic E-state index is 15.0. The predicted octanol–water partition coefficient (Wildman–Crippen LogP) is 5.04. The van der Waals surface area contributed by atoms with Gasteiger partial charge in [-0.3, -0.25) is 4.79 Å². The van der Waals surface area contributed by atoms with Crippen LogP contribution in [0.15, 0.2) is 30.5 Å². The summed E-state index contributed by atoms with van der Waals surface area (Å²) in [5, 5.41) is 14.6. The molecular weight excluding hydrogens is 495 g/mol. The second kappa shape index (κ2) is 11.2. The topological polar surface area (TPSA) is 92.6 Å². The average Bonchev–Trinajstić information content (AvgIpc) is 3.36. The van der Waals surface area contributed by atoms with Gasteiger partial charge in [0, 0.05) is 43.5 Å². The lowest BCUT2D eigenvalue weighted by atomic mass is 10.0. The van der Waals surface area contributed by atoms with Crippen LogP contribution in [0.5, 0.6) is 0 Å². The molecule has 3 heterocycles. The normalized spacial score (nSPS) is 18.5. The van der Waals surface area contributed by atoms with Crippen LogP contribution in [0.2, 0.25) is 0 Å². The second-order valence-electron chi connectivity index (χ2n) is 10.3. The number of carbonyl (C=O) groups is 1. The number of nitrogens with zero attached hydrogens (tertiary/aromatic N) is 3. The monoisotopic (exact) mass is 528 g/mol. The van der Waals surface area contributed by atoms with Gasteiger partial charge in [-0.05, 0) is 62.1 Å². The van der Waals surface area contributed by atoms with E-state index in [-0.39, 0.29) is 29.9 Å². The molecule has 2 saturated carbocycles. The molecule has 1 amide bonds. The number of carbonyl (C=O) groups excluding carboxylic acids is 1. The molecule has 198 valence electrons. The summed E-state index contributed by atoms with van der Waals surface area (Å²) in [6.45, 7) is 2.44. The molecule has 3 N–H and O–H groups in total. The number of aromatic nitrogens is 3. The minimum atomic E-state index is -0.539. The number of nitrogens with one attached hydrogen (secondary N) is 3. The van der Waals surface area contributed by atoms with E-state index in [4.69, 9.17) is 9.72 Å². The van der Waals surface area contributed by atoms with Crippen molar-refractivity contribution in [3.63, 3.8) is 0 Å². The molecule has 0 radical (unpaired) electrons. The number of benzene rings is 1. The zero-order valence-corrected chi connectivity index (χ0v) is 21.7. The minimum Gasteiger partial charge on any atom is -0.381 e. The van der Waals surface area contributed by atoms with Crippen LogP contribution in [-0.4, -0.2) is 52.3 Å². The third-order valence-corrected chi connectivity index (χ3v) is 7.53. The van der Waals surface area contributed by atoms with Crippen LogP contribution < -0.4 is 16.0 Å². The van der Waals surface area contributed by atoms with Crippen molar-refractivity contribution in [2.45, 2.75) is 63.5 Å². The first-order chi connectivity index (χ1) is 17.6. The van der Waals surface area contributed by atoms with Crippen LogP contribution in [0.1, 0.15) is 61.7 Å². The van der Waals surface area contributed by atoms with Gasteiger partial charge in [0.2, 0.25) is 0 Å². The van der Waals surface area contributed by atoms with Crippen molar-refractivity contribution in [1.29, 1.82) is 0 Å².